The van der Waals surface area contributed by atoms with Gasteiger partial charge in [0.2, 0.25) is 0 Å². The van der Waals surface area contributed by atoms with Crippen LogP contribution in [0.3, 0.4) is 0 Å². The van der Waals surface area contributed by atoms with Gasteiger partial charge in [-0.3, -0.25) is 4.79 Å². The van der Waals surface area contributed by atoms with Gasteiger partial charge in [0.05, 0.1) is 19.3 Å². The standard InChI is InChI=1S/C24H32N4O6/c1-24(2,3)33-23(30)28-10-8-19(9-11-28)32-16-20-25-21(34-26-20)17-4-6-18(7-5-17)22(29)27-12-14-31-15-13-27/h4-7,19H,8-16H2,1-3H3. The van der Waals surface area contributed by atoms with Crippen LogP contribution in [0.15, 0.2) is 28.8 Å². The highest BCUT2D eigenvalue weighted by Gasteiger charge is 2.27. The highest BCUT2D eigenvalue weighted by molar-refractivity contribution is 5.94. The minimum absolute atomic E-state index is 0.00724. The third-order valence-electron chi connectivity index (χ3n) is 5.69. The molecule has 34 heavy (non-hydrogen) atoms. The van der Waals surface area contributed by atoms with Gasteiger partial charge in [-0.25, -0.2) is 4.79 Å². The molecule has 0 radical (unpaired) electrons. The van der Waals surface area contributed by atoms with Crippen LogP contribution in [0.4, 0.5) is 4.79 Å². The molecular weight excluding hydrogens is 440 g/mol. The van der Waals surface area contributed by atoms with Crippen LogP contribution in [0, 0.1) is 0 Å². The molecule has 184 valence electrons. The molecule has 2 saturated heterocycles. The summed E-state index contributed by atoms with van der Waals surface area (Å²) in [4.78, 5) is 32.7. The van der Waals surface area contributed by atoms with Crippen molar-refractivity contribution in [2.24, 2.45) is 0 Å². The van der Waals surface area contributed by atoms with Crippen LogP contribution in [-0.4, -0.2) is 83.0 Å². The van der Waals surface area contributed by atoms with Crippen LogP contribution in [0.1, 0.15) is 49.8 Å². The predicted octanol–water partition coefficient (Wildman–Crippen LogP) is 3.13. The summed E-state index contributed by atoms with van der Waals surface area (Å²) < 4.78 is 22.0. The molecule has 10 nitrogen and oxygen atoms in total. The first-order chi connectivity index (χ1) is 16.3. The number of carbonyl (C=O) groups excluding carboxylic acids is 2. The summed E-state index contributed by atoms with van der Waals surface area (Å²) in [5.41, 5.74) is 0.855. The number of aromatic nitrogens is 2. The molecular formula is C24H32N4O6. The number of likely N-dealkylation sites (tertiary alicyclic amines) is 1. The maximum absolute atomic E-state index is 12.6. The van der Waals surface area contributed by atoms with Gasteiger partial charge in [0.1, 0.15) is 12.2 Å². The van der Waals surface area contributed by atoms with Crippen molar-refractivity contribution in [2.75, 3.05) is 39.4 Å². The molecule has 0 atom stereocenters. The van der Waals surface area contributed by atoms with E-state index < -0.39 is 5.60 Å². The zero-order valence-electron chi connectivity index (χ0n) is 20.0. The minimum atomic E-state index is -0.501. The van der Waals surface area contributed by atoms with E-state index in [9.17, 15) is 9.59 Å². The Kier molecular flexibility index (Phi) is 7.47. The Morgan fingerprint density at radius 2 is 1.71 bits per heavy atom. The molecule has 1 aromatic heterocycles. The van der Waals surface area contributed by atoms with Crippen LogP contribution in [-0.2, 0) is 20.8 Å². The van der Waals surface area contributed by atoms with Crippen molar-refractivity contribution < 1.29 is 28.3 Å². The molecule has 3 heterocycles. The van der Waals surface area contributed by atoms with E-state index in [2.05, 4.69) is 10.1 Å². The quantitative estimate of drug-likeness (QED) is 0.653. The topological polar surface area (TPSA) is 107 Å². The lowest BCUT2D eigenvalue weighted by molar-refractivity contribution is -0.0190. The van der Waals surface area contributed by atoms with Crippen molar-refractivity contribution in [2.45, 2.75) is 51.9 Å². The molecule has 0 spiro atoms. The normalized spacial score (nSPS) is 17.6. The first-order valence-electron chi connectivity index (χ1n) is 11.7. The number of amides is 2. The zero-order valence-corrected chi connectivity index (χ0v) is 20.0. The number of benzene rings is 1. The number of ether oxygens (including phenoxy) is 3. The van der Waals surface area contributed by atoms with Crippen LogP contribution in [0.5, 0.6) is 0 Å². The van der Waals surface area contributed by atoms with Gasteiger partial charge in [-0.15, -0.1) is 0 Å². The number of hydrogen-bond acceptors (Lipinski definition) is 8. The fourth-order valence-corrected chi connectivity index (χ4v) is 3.86. The van der Waals surface area contributed by atoms with Crippen LogP contribution in [0.2, 0.25) is 0 Å². The van der Waals surface area contributed by atoms with Gasteiger partial charge in [-0.05, 0) is 57.9 Å². The summed E-state index contributed by atoms with van der Waals surface area (Å²) in [6.45, 7) is 9.34. The SMILES string of the molecule is CC(C)(C)OC(=O)N1CCC(OCc2noc(-c3ccc(C(=O)N4CCOCC4)cc3)n2)CC1. The average Bonchev–Trinajstić information content (AvgIpc) is 3.31. The van der Waals surface area contributed by atoms with Gasteiger partial charge in [0.25, 0.3) is 11.8 Å². The summed E-state index contributed by atoms with van der Waals surface area (Å²) in [6, 6.07) is 7.15. The molecule has 0 aliphatic carbocycles. The molecule has 2 aromatic rings. The van der Waals surface area contributed by atoms with Gasteiger partial charge in [0.15, 0.2) is 5.82 Å². The Labute approximate surface area is 199 Å². The van der Waals surface area contributed by atoms with Crippen molar-refractivity contribution in [3.8, 4) is 11.5 Å². The number of hydrogen-bond donors (Lipinski definition) is 0. The summed E-state index contributed by atoms with van der Waals surface area (Å²) >= 11 is 0. The molecule has 10 heteroatoms. The van der Waals surface area contributed by atoms with Crippen LogP contribution < -0.4 is 0 Å². The highest BCUT2D eigenvalue weighted by atomic mass is 16.6. The summed E-state index contributed by atoms with van der Waals surface area (Å²) in [5.74, 6) is 0.828. The molecule has 0 N–H and O–H groups in total. The Balaban J connectivity index is 1.25. The lowest BCUT2D eigenvalue weighted by atomic mass is 10.1. The van der Waals surface area contributed by atoms with E-state index in [4.69, 9.17) is 18.7 Å². The largest absolute Gasteiger partial charge is 0.444 e. The van der Waals surface area contributed by atoms with Gasteiger partial charge >= 0.3 is 6.09 Å². The lowest BCUT2D eigenvalue weighted by Crippen LogP contribution is -2.43. The lowest BCUT2D eigenvalue weighted by Gasteiger charge is -2.33. The summed E-state index contributed by atoms with van der Waals surface area (Å²) in [6.07, 6.45) is 1.18. The van der Waals surface area contributed by atoms with Crippen molar-refractivity contribution in [1.29, 1.82) is 0 Å². The predicted molar refractivity (Wildman–Crippen MR) is 122 cm³/mol. The molecule has 2 aliphatic rings. The second kappa shape index (κ2) is 10.5. The molecule has 2 amide bonds. The average molecular weight is 473 g/mol. The van der Waals surface area contributed by atoms with E-state index in [1.54, 1.807) is 34.1 Å². The second-order valence-electron chi connectivity index (χ2n) is 9.48. The maximum Gasteiger partial charge on any atom is 0.410 e. The fraction of sp³-hybridized carbons (Fsp3) is 0.583. The van der Waals surface area contributed by atoms with Gasteiger partial charge in [0, 0.05) is 37.3 Å². The fourth-order valence-electron chi connectivity index (χ4n) is 3.86. The maximum atomic E-state index is 12.6. The molecule has 1 aromatic carbocycles. The van der Waals surface area contributed by atoms with E-state index in [-0.39, 0.29) is 24.7 Å². The molecule has 4 rings (SSSR count). The smallest absolute Gasteiger partial charge is 0.410 e. The Morgan fingerprint density at radius 3 is 2.35 bits per heavy atom. The van der Waals surface area contributed by atoms with Crippen molar-refractivity contribution in [3.05, 3.63) is 35.7 Å². The number of carbonyl (C=O) groups is 2. The second-order valence-corrected chi connectivity index (χ2v) is 9.48. The third kappa shape index (κ3) is 6.32. The van der Waals surface area contributed by atoms with E-state index in [1.165, 1.54) is 0 Å². The van der Waals surface area contributed by atoms with E-state index >= 15 is 0 Å². The summed E-state index contributed by atoms with van der Waals surface area (Å²) in [5, 5.41) is 4.01. The minimum Gasteiger partial charge on any atom is -0.444 e. The van der Waals surface area contributed by atoms with Gasteiger partial charge < -0.3 is 28.5 Å². The Bertz CT molecular complexity index is 970. The summed E-state index contributed by atoms with van der Waals surface area (Å²) in [7, 11) is 0. The number of morpholine rings is 1. The van der Waals surface area contributed by atoms with Gasteiger partial charge in [-0.2, -0.15) is 4.98 Å². The molecule has 0 saturated carbocycles. The van der Waals surface area contributed by atoms with Crippen molar-refractivity contribution in [3.63, 3.8) is 0 Å². The third-order valence-corrected chi connectivity index (χ3v) is 5.69. The van der Waals surface area contributed by atoms with Crippen molar-refractivity contribution in [1.82, 2.24) is 19.9 Å². The number of nitrogens with zero attached hydrogens (tertiary/aromatic N) is 4. The molecule has 2 aliphatic heterocycles. The van der Waals surface area contributed by atoms with Crippen molar-refractivity contribution >= 4 is 12.0 Å². The highest BCUT2D eigenvalue weighted by Crippen LogP contribution is 2.21. The zero-order chi connectivity index (χ0) is 24.1. The Hall–Kier alpha value is -2.98. The number of rotatable bonds is 5. The monoisotopic (exact) mass is 472 g/mol. The molecule has 0 bridgehead atoms. The van der Waals surface area contributed by atoms with E-state index in [0.717, 1.165) is 18.4 Å². The Morgan fingerprint density at radius 1 is 1.03 bits per heavy atom. The van der Waals surface area contributed by atoms with E-state index in [0.29, 0.717) is 56.7 Å². The molecule has 0 unspecified atom stereocenters. The first kappa shape index (κ1) is 24.2. The van der Waals surface area contributed by atoms with Crippen LogP contribution >= 0.6 is 0 Å². The van der Waals surface area contributed by atoms with Gasteiger partial charge in [-0.1, -0.05) is 5.16 Å². The number of piperidine rings is 1. The molecule has 2 fully saturated rings. The first-order valence-corrected chi connectivity index (χ1v) is 11.7. The van der Waals surface area contributed by atoms with E-state index in [1.807, 2.05) is 20.8 Å². The van der Waals surface area contributed by atoms with Crippen LogP contribution in [0.25, 0.3) is 11.5 Å².